The van der Waals surface area contributed by atoms with Crippen molar-refractivity contribution in [3.63, 3.8) is 0 Å². The number of aliphatic imine (C=N–C) groups is 1. The van der Waals surface area contributed by atoms with Crippen molar-refractivity contribution in [2.45, 2.75) is 13.3 Å². The standard InChI is InChI=1S/C24H26N6OS/c1-15(10-23(29-16(2)25)26-8-5-9-31)28-19-11-18-14-27-30-24(18)20(13-19)22-12-17-6-3-4-7-21(17)32-22/h3-4,6-7,10-14,28,31H,2,5,8-9,25H2,1H3,(H,26,29)(H,27,30)/b15-10+. The second-order valence-corrected chi connectivity index (χ2v) is 8.54. The van der Waals surface area contributed by atoms with E-state index in [1.54, 1.807) is 11.3 Å². The third kappa shape index (κ3) is 4.99. The number of rotatable bonds is 8. The predicted molar refractivity (Wildman–Crippen MR) is 135 cm³/mol. The molecule has 2 aromatic carbocycles. The van der Waals surface area contributed by atoms with Gasteiger partial charge in [-0.3, -0.25) is 10.1 Å². The van der Waals surface area contributed by atoms with E-state index in [-0.39, 0.29) is 6.61 Å². The molecule has 6 N–H and O–H groups in total. The topological polar surface area (TPSA) is 111 Å². The zero-order valence-corrected chi connectivity index (χ0v) is 18.7. The Labute approximate surface area is 190 Å². The number of hydrogen-bond donors (Lipinski definition) is 5. The molecule has 164 valence electrons. The van der Waals surface area contributed by atoms with Crippen molar-refractivity contribution in [1.29, 1.82) is 0 Å². The van der Waals surface area contributed by atoms with Crippen LogP contribution >= 0.6 is 11.3 Å². The molecular weight excluding hydrogens is 420 g/mol. The number of aromatic nitrogens is 2. The lowest BCUT2D eigenvalue weighted by Gasteiger charge is -2.11. The summed E-state index contributed by atoms with van der Waals surface area (Å²) in [6.07, 6.45) is 4.28. The molecule has 8 heteroatoms. The molecule has 0 saturated carbocycles. The Morgan fingerprint density at radius 3 is 2.91 bits per heavy atom. The van der Waals surface area contributed by atoms with Crippen LogP contribution in [0.15, 0.2) is 77.8 Å². The molecule has 0 bridgehead atoms. The normalized spacial score (nSPS) is 12.4. The highest BCUT2D eigenvalue weighted by atomic mass is 32.1. The first-order valence-corrected chi connectivity index (χ1v) is 11.1. The largest absolute Gasteiger partial charge is 0.396 e. The lowest BCUT2D eigenvalue weighted by Crippen LogP contribution is -2.26. The average molecular weight is 447 g/mol. The first-order chi connectivity index (χ1) is 15.5. The van der Waals surface area contributed by atoms with Crippen molar-refractivity contribution < 1.29 is 5.11 Å². The number of anilines is 1. The van der Waals surface area contributed by atoms with Crippen LogP contribution in [-0.4, -0.2) is 34.3 Å². The van der Waals surface area contributed by atoms with Crippen LogP contribution in [0.2, 0.25) is 0 Å². The number of thiophene rings is 1. The second-order valence-electron chi connectivity index (χ2n) is 7.45. The molecule has 0 aliphatic heterocycles. The van der Waals surface area contributed by atoms with Gasteiger partial charge in [0.15, 0.2) is 0 Å². The molecule has 32 heavy (non-hydrogen) atoms. The lowest BCUT2D eigenvalue weighted by atomic mass is 10.1. The summed E-state index contributed by atoms with van der Waals surface area (Å²) in [6, 6.07) is 14.8. The minimum Gasteiger partial charge on any atom is -0.396 e. The van der Waals surface area contributed by atoms with Crippen molar-refractivity contribution in [1.82, 2.24) is 15.5 Å². The molecule has 0 saturated heterocycles. The quantitative estimate of drug-likeness (QED) is 0.155. The first kappa shape index (κ1) is 21.6. The van der Waals surface area contributed by atoms with E-state index in [9.17, 15) is 0 Å². The van der Waals surface area contributed by atoms with Crippen LogP contribution in [0.1, 0.15) is 13.3 Å². The highest BCUT2D eigenvalue weighted by Gasteiger charge is 2.12. The monoisotopic (exact) mass is 446 g/mol. The molecule has 0 spiro atoms. The Morgan fingerprint density at radius 2 is 2.12 bits per heavy atom. The number of aliphatic hydroxyl groups is 1. The van der Waals surface area contributed by atoms with E-state index < -0.39 is 0 Å². The number of aliphatic hydroxyl groups excluding tert-OH is 1. The molecule has 7 nitrogen and oxygen atoms in total. The summed E-state index contributed by atoms with van der Waals surface area (Å²) in [5.41, 5.74) is 9.63. The van der Waals surface area contributed by atoms with Crippen LogP contribution in [0.3, 0.4) is 0 Å². The predicted octanol–water partition coefficient (Wildman–Crippen LogP) is 4.56. The number of amidine groups is 1. The maximum absolute atomic E-state index is 9.01. The van der Waals surface area contributed by atoms with Crippen LogP contribution in [0.25, 0.3) is 31.4 Å². The van der Waals surface area contributed by atoms with E-state index in [2.05, 4.69) is 74.9 Å². The van der Waals surface area contributed by atoms with Gasteiger partial charge in [0, 0.05) is 45.1 Å². The zero-order chi connectivity index (χ0) is 22.5. The van der Waals surface area contributed by atoms with Crippen LogP contribution in [-0.2, 0) is 0 Å². The molecule has 4 rings (SSSR count). The van der Waals surface area contributed by atoms with Crippen molar-refractivity contribution in [3.8, 4) is 10.4 Å². The van der Waals surface area contributed by atoms with Crippen LogP contribution < -0.4 is 16.4 Å². The van der Waals surface area contributed by atoms with Gasteiger partial charge in [-0.25, -0.2) is 0 Å². The van der Waals surface area contributed by atoms with Crippen LogP contribution in [0.5, 0.6) is 0 Å². The number of nitrogens with one attached hydrogen (secondary N) is 3. The fourth-order valence-corrected chi connectivity index (χ4v) is 4.55. The van der Waals surface area contributed by atoms with Crippen molar-refractivity contribution in [2.75, 3.05) is 18.5 Å². The Balaban J connectivity index is 1.66. The molecule has 0 atom stereocenters. The van der Waals surface area contributed by atoms with Crippen molar-refractivity contribution >= 4 is 43.8 Å². The molecule has 4 aromatic rings. The van der Waals surface area contributed by atoms with Gasteiger partial charge in [-0.1, -0.05) is 24.8 Å². The van der Waals surface area contributed by atoms with Gasteiger partial charge in [0.25, 0.3) is 0 Å². The fourth-order valence-electron chi connectivity index (χ4n) is 3.46. The van der Waals surface area contributed by atoms with Gasteiger partial charge in [-0.05, 0) is 49.1 Å². The van der Waals surface area contributed by atoms with Crippen LogP contribution in [0.4, 0.5) is 5.69 Å². The molecular formula is C24H26N6OS. The van der Waals surface area contributed by atoms with E-state index in [0.29, 0.717) is 24.6 Å². The number of nitrogens with zero attached hydrogens (tertiary/aromatic N) is 2. The lowest BCUT2D eigenvalue weighted by molar-refractivity contribution is 0.291. The van der Waals surface area contributed by atoms with Crippen molar-refractivity contribution in [3.05, 3.63) is 72.8 Å². The van der Waals surface area contributed by atoms with Gasteiger partial charge in [-0.15, -0.1) is 11.3 Å². The summed E-state index contributed by atoms with van der Waals surface area (Å²) >= 11 is 1.76. The molecule has 0 amide bonds. The number of allylic oxidation sites excluding steroid dienone is 1. The molecule has 0 fully saturated rings. The Hall–Kier alpha value is -3.62. The van der Waals surface area contributed by atoms with Gasteiger partial charge in [0.1, 0.15) is 5.84 Å². The molecule has 2 aromatic heterocycles. The van der Waals surface area contributed by atoms with E-state index in [1.807, 2.05) is 19.2 Å². The molecule has 0 unspecified atom stereocenters. The molecule has 0 aliphatic rings. The number of hydrogen-bond acceptors (Lipinski definition) is 6. The highest BCUT2D eigenvalue weighted by molar-refractivity contribution is 7.22. The first-order valence-electron chi connectivity index (χ1n) is 10.3. The number of nitrogens with two attached hydrogens (primary N) is 1. The van der Waals surface area contributed by atoms with Gasteiger partial charge in [-0.2, -0.15) is 5.10 Å². The van der Waals surface area contributed by atoms with E-state index in [0.717, 1.165) is 27.9 Å². The Bertz CT molecular complexity index is 1280. The number of benzene rings is 2. The Kier molecular flexibility index (Phi) is 6.53. The second kappa shape index (κ2) is 9.67. The maximum Gasteiger partial charge on any atom is 0.128 e. The van der Waals surface area contributed by atoms with E-state index in [1.165, 1.54) is 15.0 Å². The highest BCUT2D eigenvalue weighted by Crippen LogP contribution is 2.38. The minimum absolute atomic E-state index is 0.0898. The summed E-state index contributed by atoms with van der Waals surface area (Å²) in [7, 11) is 0. The third-order valence-electron chi connectivity index (χ3n) is 4.82. The summed E-state index contributed by atoms with van der Waals surface area (Å²) in [5.74, 6) is 0.897. The Morgan fingerprint density at radius 1 is 1.28 bits per heavy atom. The summed E-state index contributed by atoms with van der Waals surface area (Å²) < 4.78 is 1.25. The average Bonchev–Trinajstić information content (AvgIpc) is 3.39. The van der Waals surface area contributed by atoms with Gasteiger partial charge in [0.05, 0.1) is 17.5 Å². The smallest absolute Gasteiger partial charge is 0.128 e. The van der Waals surface area contributed by atoms with Gasteiger partial charge >= 0.3 is 0 Å². The molecule has 2 heterocycles. The van der Waals surface area contributed by atoms with Crippen LogP contribution in [0, 0.1) is 0 Å². The summed E-state index contributed by atoms with van der Waals surface area (Å²) in [4.78, 5) is 5.62. The number of H-pyrrole nitrogens is 1. The number of fused-ring (bicyclic) bond motifs is 2. The maximum atomic E-state index is 9.01. The molecule has 0 aliphatic carbocycles. The SMILES string of the molecule is C=C(N)NC(/C=C(\C)Nc1cc(-c2cc3ccccc3s2)c2[nH]ncc2c1)=NCCCO. The zero-order valence-electron chi connectivity index (χ0n) is 17.9. The van der Waals surface area contributed by atoms with E-state index in [4.69, 9.17) is 10.8 Å². The minimum atomic E-state index is 0.0898. The van der Waals surface area contributed by atoms with Crippen molar-refractivity contribution in [2.24, 2.45) is 10.7 Å². The summed E-state index contributed by atoms with van der Waals surface area (Å²) in [5, 5.41) is 25.0. The van der Waals surface area contributed by atoms with E-state index >= 15 is 0 Å². The fraction of sp³-hybridized carbons (Fsp3) is 0.167. The third-order valence-corrected chi connectivity index (χ3v) is 5.97. The molecule has 0 radical (unpaired) electrons. The van der Waals surface area contributed by atoms with Gasteiger partial charge < -0.3 is 21.5 Å². The number of aromatic amines is 1. The van der Waals surface area contributed by atoms with Gasteiger partial charge in [0.2, 0.25) is 0 Å². The summed E-state index contributed by atoms with van der Waals surface area (Å²) in [6.45, 7) is 6.23.